The highest BCUT2D eigenvalue weighted by molar-refractivity contribution is 7.16. The molecule has 0 radical (unpaired) electrons. The van der Waals surface area contributed by atoms with Crippen molar-refractivity contribution < 1.29 is 9.59 Å². The number of hydrogen-bond donors (Lipinski definition) is 3. The van der Waals surface area contributed by atoms with Gasteiger partial charge in [0.15, 0.2) is 0 Å². The van der Waals surface area contributed by atoms with E-state index in [4.69, 9.17) is 5.73 Å². The number of aromatic nitrogens is 3. The summed E-state index contributed by atoms with van der Waals surface area (Å²) in [7, 11) is 0. The number of nitrogens with zero attached hydrogens (tertiary/aromatic N) is 4. The minimum atomic E-state index is -0.294. The third kappa shape index (κ3) is 5.17. The molecule has 0 saturated carbocycles. The van der Waals surface area contributed by atoms with E-state index in [1.165, 1.54) is 11.3 Å². The molecule has 36 heavy (non-hydrogen) atoms. The van der Waals surface area contributed by atoms with Gasteiger partial charge in [-0.15, -0.1) is 22.7 Å². The Morgan fingerprint density at radius 2 is 1.94 bits per heavy atom. The van der Waals surface area contributed by atoms with Gasteiger partial charge in [-0.2, -0.15) is 0 Å². The monoisotopic (exact) mass is 521 g/mol. The van der Waals surface area contributed by atoms with Crippen LogP contribution < -0.4 is 16.4 Å². The first kappa shape index (κ1) is 24.1. The number of benzene rings is 1. The van der Waals surface area contributed by atoms with Crippen molar-refractivity contribution in [3.8, 4) is 10.6 Å². The van der Waals surface area contributed by atoms with Crippen molar-refractivity contribution in [2.75, 3.05) is 23.7 Å². The van der Waals surface area contributed by atoms with Gasteiger partial charge >= 0.3 is 0 Å². The molecule has 0 unspecified atom stereocenters. The lowest BCUT2D eigenvalue weighted by molar-refractivity contribution is -0.123. The predicted octanol–water partition coefficient (Wildman–Crippen LogP) is 4.72. The number of pyridine rings is 1. The summed E-state index contributed by atoms with van der Waals surface area (Å²) in [5.74, 6) is 0.129. The maximum atomic E-state index is 13.0. The van der Waals surface area contributed by atoms with Crippen LogP contribution in [0.1, 0.15) is 37.2 Å². The molecule has 0 aliphatic carbocycles. The predicted molar refractivity (Wildman–Crippen MR) is 145 cm³/mol. The van der Waals surface area contributed by atoms with Crippen molar-refractivity contribution in [2.45, 2.75) is 32.7 Å². The van der Waals surface area contributed by atoms with Crippen LogP contribution in [0.2, 0.25) is 0 Å². The lowest BCUT2D eigenvalue weighted by Crippen LogP contribution is -2.41. The summed E-state index contributed by atoms with van der Waals surface area (Å²) in [6.45, 7) is 5.16. The van der Waals surface area contributed by atoms with Gasteiger partial charge in [-0.3, -0.25) is 9.59 Å². The molecule has 1 aliphatic rings. The zero-order valence-corrected chi connectivity index (χ0v) is 21.7. The normalized spacial score (nSPS) is 14.4. The number of nitrogens with two attached hydrogens (primary N) is 1. The molecule has 1 aliphatic heterocycles. The van der Waals surface area contributed by atoms with Gasteiger partial charge in [0.1, 0.15) is 16.5 Å². The average Bonchev–Trinajstić information content (AvgIpc) is 3.53. The molecule has 2 amide bonds. The van der Waals surface area contributed by atoms with Crippen molar-refractivity contribution in [3.63, 3.8) is 0 Å². The van der Waals surface area contributed by atoms with Gasteiger partial charge in [0.05, 0.1) is 21.3 Å². The number of fused-ring (bicyclic) bond motifs is 1. The van der Waals surface area contributed by atoms with Gasteiger partial charge in [0, 0.05) is 54.1 Å². The quantitative estimate of drug-likeness (QED) is 0.321. The molecule has 4 N–H and O–H groups in total. The summed E-state index contributed by atoms with van der Waals surface area (Å²) in [6, 6.07) is 8.19. The molecule has 1 fully saturated rings. The van der Waals surface area contributed by atoms with Crippen LogP contribution in [0, 0.1) is 5.92 Å². The maximum absolute atomic E-state index is 13.0. The average molecular weight is 522 g/mol. The second kappa shape index (κ2) is 10.2. The number of anilines is 3. The van der Waals surface area contributed by atoms with Crippen LogP contribution in [-0.4, -0.2) is 50.8 Å². The number of piperidine rings is 1. The van der Waals surface area contributed by atoms with E-state index in [-0.39, 0.29) is 23.8 Å². The van der Waals surface area contributed by atoms with Gasteiger partial charge in [0.25, 0.3) is 5.91 Å². The summed E-state index contributed by atoms with van der Waals surface area (Å²) in [4.78, 5) is 39.8. The van der Waals surface area contributed by atoms with Crippen LogP contribution in [0.4, 0.5) is 17.2 Å². The van der Waals surface area contributed by atoms with E-state index in [2.05, 4.69) is 45.5 Å². The number of primary amides is 1. The van der Waals surface area contributed by atoms with E-state index in [0.717, 1.165) is 32.2 Å². The Bertz CT molecular complexity index is 1410. The number of thiazole rings is 2. The second-order valence-electron chi connectivity index (χ2n) is 9.08. The highest BCUT2D eigenvalue weighted by Gasteiger charge is 2.28. The lowest BCUT2D eigenvalue weighted by atomic mass is 9.96. The smallest absolute Gasteiger partial charge is 0.273 e. The van der Waals surface area contributed by atoms with E-state index >= 15 is 0 Å². The van der Waals surface area contributed by atoms with E-state index in [9.17, 15) is 9.59 Å². The fraction of sp³-hybridized carbons (Fsp3) is 0.320. The van der Waals surface area contributed by atoms with Crippen LogP contribution in [-0.2, 0) is 4.79 Å². The first-order valence-electron chi connectivity index (χ1n) is 11.8. The van der Waals surface area contributed by atoms with E-state index in [1.54, 1.807) is 27.8 Å². The van der Waals surface area contributed by atoms with Crippen LogP contribution >= 0.6 is 22.7 Å². The summed E-state index contributed by atoms with van der Waals surface area (Å²) >= 11 is 3.01. The van der Waals surface area contributed by atoms with Gasteiger partial charge in [-0.25, -0.2) is 15.0 Å². The Hall–Kier alpha value is -3.57. The van der Waals surface area contributed by atoms with Crippen molar-refractivity contribution >= 4 is 61.9 Å². The minimum absolute atomic E-state index is 0.122. The fourth-order valence-corrected chi connectivity index (χ4v) is 5.76. The van der Waals surface area contributed by atoms with Crippen molar-refractivity contribution in [2.24, 2.45) is 11.7 Å². The Kier molecular flexibility index (Phi) is 6.84. The molecular weight excluding hydrogens is 494 g/mol. The molecule has 1 aromatic carbocycles. The Balaban J connectivity index is 1.36. The highest BCUT2D eigenvalue weighted by Crippen LogP contribution is 2.34. The summed E-state index contributed by atoms with van der Waals surface area (Å²) in [5.41, 5.74) is 11.3. The van der Waals surface area contributed by atoms with Crippen molar-refractivity contribution in [1.29, 1.82) is 0 Å². The number of hydrogen-bond acceptors (Lipinski definition) is 9. The topological polar surface area (TPSA) is 126 Å². The Morgan fingerprint density at radius 1 is 1.14 bits per heavy atom. The van der Waals surface area contributed by atoms with Crippen LogP contribution in [0.5, 0.6) is 0 Å². The molecule has 1 saturated heterocycles. The largest absolute Gasteiger partial charge is 0.382 e. The molecule has 0 spiro atoms. The van der Waals surface area contributed by atoms with Crippen LogP contribution in [0.3, 0.4) is 0 Å². The number of amides is 2. The first-order valence-corrected chi connectivity index (χ1v) is 13.5. The third-order valence-corrected chi connectivity index (χ3v) is 7.76. The van der Waals surface area contributed by atoms with Crippen LogP contribution in [0.25, 0.3) is 20.8 Å². The summed E-state index contributed by atoms with van der Waals surface area (Å²) in [6.07, 6.45) is 2.97. The molecular formula is C25H27N7O2S2. The minimum Gasteiger partial charge on any atom is -0.382 e. The Labute approximate surface area is 216 Å². The third-order valence-electron chi connectivity index (χ3n) is 6.09. The second-order valence-corrected chi connectivity index (χ2v) is 10.8. The Morgan fingerprint density at radius 3 is 2.69 bits per heavy atom. The molecule has 4 heterocycles. The fourth-order valence-electron chi connectivity index (χ4n) is 4.23. The van der Waals surface area contributed by atoms with E-state index in [1.807, 2.05) is 23.7 Å². The van der Waals surface area contributed by atoms with Gasteiger partial charge in [-0.1, -0.05) is 0 Å². The molecule has 3 aromatic heterocycles. The number of likely N-dealkylation sites (tertiary alicyclic amines) is 1. The molecule has 4 aromatic rings. The van der Waals surface area contributed by atoms with E-state index in [0.29, 0.717) is 37.4 Å². The summed E-state index contributed by atoms with van der Waals surface area (Å²) < 4.78 is 1.11. The lowest BCUT2D eigenvalue weighted by Gasteiger charge is -2.30. The van der Waals surface area contributed by atoms with Crippen LogP contribution in [0.15, 0.2) is 41.4 Å². The number of nitrogens with one attached hydrogen (secondary N) is 2. The van der Waals surface area contributed by atoms with Gasteiger partial charge < -0.3 is 21.3 Å². The molecule has 11 heteroatoms. The SMILES string of the molecule is CC(C)Nc1cc(Nc2ccc3ncsc3c2)ncc1-c1nc(C(=O)N2CCC(C(N)=O)CC2)cs1. The van der Waals surface area contributed by atoms with Gasteiger partial charge in [-0.05, 0) is 44.9 Å². The van der Waals surface area contributed by atoms with E-state index < -0.39 is 0 Å². The molecule has 9 nitrogen and oxygen atoms in total. The molecule has 0 bridgehead atoms. The van der Waals surface area contributed by atoms with Crippen molar-refractivity contribution in [3.05, 3.63) is 47.0 Å². The van der Waals surface area contributed by atoms with Gasteiger partial charge in [0.2, 0.25) is 5.91 Å². The number of rotatable bonds is 7. The summed E-state index contributed by atoms with van der Waals surface area (Å²) in [5, 5.41) is 9.36. The highest BCUT2D eigenvalue weighted by atomic mass is 32.1. The standard InChI is InChI=1S/C25H27N7O2S2/c1-14(2)29-19-10-22(30-16-3-4-18-21(9-16)36-13-28-18)27-11-17(19)24-31-20(12-35-24)25(34)32-7-5-15(6-8-32)23(26)33/h3-4,9-15H,5-8H2,1-2H3,(H2,26,33)(H2,27,29,30). The zero-order valence-electron chi connectivity index (χ0n) is 20.0. The molecule has 186 valence electrons. The van der Waals surface area contributed by atoms with Crippen molar-refractivity contribution in [1.82, 2.24) is 19.9 Å². The first-order chi connectivity index (χ1) is 17.4. The molecule has 0 atom stereocenters. The molecule has 5 rings (SSSR count). The number of carbonyl (C=O) groups is 2. The zero-order chi connectivity index (χ0) is 25.2. The number of carbonyl (C=O) groups excluding carboxylic acids is 2. The maximum Gasteiger partial charge on any atom is 0.273 e.